The van der Waals surface area contributed by atoms with Gasteiger partial charge in [-0.1, -0.05) is 62.0 Å². The summed E-state index contributed by atoms with van der Waals surface area (Å²) < 4.78 is 3.48. The van der Waals surface area contributed by atoms with E-state index in [4.69, 9.17) is 0 Å². The van der Waals surface area contributed by atoms with Crippen molar-refractivity contribution in [2.45, 2.75) is 37.1 Å². The van der Waals surface area contributed by atoms with Gasteiger partial charge in [0.1, 0.15) is 0 Å². The van der Waals surface area contributed by atoms with E-state index in [1.807, 2.05) is 53.8 Å². The maximum atomic E-state index is 13.6. The molecule has 32 heavy (non-hydrogen) atoms. The summed E-state index contributed by atoms with van der Waals surface area (Å²) in [6.07, 6.45) is 1.64. The standard InChI is InChI=1S/C24H25N5O2S/c1-5-14-25-21(30)16(4)32-24-27-26-23-28(19-12-8-6-10-17(19)15(2)3)22(31)18-11-7-9-13-20(18)29(23)24/h5-13,15-16H,1,14H2,2-4H3,(H,25,30). The number of fused-ring (bicyclic) bond motifs is 3. The van der Waals surface area contributed by atoms with Crippen molar-refractivity contribution < 1.29 is 4.79 Å². The van der Waals surface area contributed by atoms with Gasteiger partial charge in [0.05, 0.1) is 21.8 Å². The van der Waals surface area contributed by atoms with Crippen LogP contribution in [0.25, 0.3) is 22.4 Å². The number of nitrogens with one attached hydrogen (secondary N) is 1. The Morgan fingerprint density at radius 3 is 2.59 bits per heavy atom. The molecule has 0 spiro atoms. The fourth-order valence-corrected chi connectivity index (χ4v) is 4.56. The highest BCUT2D eigenvalue weighted by atomic mass is 32.2. The lowest BCUT2D eigenvalue weighted by atomic mass is 10.0. The second-order valence-electron chi connectivity index (χ2n) is 7.78. The van der Waals surface area contributed by atoms with E-state index in [0.29, 0.717) is 28.4 Å². The first-order valence-corrected chi connectivity index (χ1v) is 11.4. The Morgan fingerprint density at radius 2 is 1.84 bits per heavy atom. The molecule has 0 bridgehead atoms. The van der Waals surface area contributed by atoms with Crippen molar-refractivity contribution in [2.75, 3.05) is 6.54 Å². The van der Waals surface area contributed by atoms with Crippen molar-refractivity contribution in [3.05, 3.63) is 77.1 Å². The molecule has 0 aliphatic rings. The molecule has 7 nitrogen and oxygen atoms in total. The fourth-order valence-electron chi connectivity index (χ4n) is 3.68. The number of rotatable bonds is 7. The number of thioether (sulfide) groups is 1. The largest absolute Gasteiger partial charge is 0.352 e. The molecule has 0 aliphatic heterocycles. The van der Waals surface area contributed by atoms with E-state index in [2.05, 4.69) is 35.9 Å². The third-order valence-electron chi connectivity index (χ3n) is 5.27. The van der Waals surface area contributed by atoms with E-state index in [1.165, 1.54) is 11.8 Å². The van der Waals surface area contributed by atoms with Crippen LogP contribution in [0.15, 0.2) is 71.1 Å². The van der Waals surface area contributed by atoms with Crippen molar-refractivity contribution in [1.29, 1.82) is 0 Å². The minimum atomic E-state index is -0.399. The van der Waals surface area contributed by atoms with Gasteiger partial charge in [0, 0.05) is 6.54 Å². The summed E-state index contributed by atoms with van der Waals surface area (Å²) >= 11 is 1.30. The highest BCUT2D eigenvalue weighted by Gasteiger charge is 2.23. The van der Waals surface area contributed by atoms with E-state index < -0.39 is 5.25 Å². The molecule has 8 heteroatoms. The lowest BCUT2D eigenvalue weighted by Gasteiger charge is -2.17. The molecule has 2 heterocycles. The zero-order chi connectivity index (χ0) is 22.8. The number of carbonyl (C=O) groups excluding carboxylic acids is 1. The Balaban J connectivity index is 1.96. The minimum absolute atomic E-state index is 0.116. The fraction of sp³-hybridized carbons (Fsp3) is 0.250. The third kappa shape index (κ3) is 3.82. The topological polar surface area (TPSA) is 81.3 Å². The second kappa shape index (κ2) is 9.00. The summed E-state index contributed by atoms with van der Waals surface area (Å²) in [7, 11) is 0. The van der Waals surface area contributed by atoms with Gasteiger partial charge in [0.25, 0.3) is 5.56 Å². The first kappa shape index (κ1) is 21.8. The van der Waals surface area contributed by atoms with Crippen LogP contribution < -0.4 is 10.9 Å². The molecule has 2 aromatic heterocycles. The third-order valence-corrected chi connectivity index (χ3v) is 6.31. The van der Waals surface area contributed by atoms with Crippen molar-refractivity contribution in [2.24, 2.45) is 0 Å². The van der Waals surface area contributed by atoms with Crippen molar-refractivity contribution in [3.8, 4) is 5.69 Å². The first-order chi connectivity index (χ1) is 15.4. The maximum Gasteiger partial charge on any atom is 0.267 e. The smallest absolute Gasteiger partial charge is 0.267 e. The zero-order valence-electron chi connectivity index (χ0n) is 18.3. The van der Waals surface area contributed by atoms with E-state index in [9.17, 15) is 9.59 Å². The predicted octanol–water partition coefficient (Wildman–Crippen LogP) is 3.94. The molecule has 0 saturated heterocycles. The molecule has 164 valence electrons. The van der Waals surface area contributed by atoms with Crippen LogP contribution in [0.2, 0.25) is 0 Å². The van der Waals surface area contributed by atoms with Gasteiger partial charge < -0.3 is 5.32 Å². The van der Waals surface area contributed by atoms with Crippen LogP contribution >= 0.6 is 11.8 Å². The highest BCUT2D eigenvalue weighted by molar-refractivity contribution is 8.00. The minimum Gasteiger partial charge on any atom is -0.352 e. The number of benzene rings is 2. The van der Waals surface area contributed by atoms with Crippen LogP contribution in [0, 0.1) is 0 Å². The van der Waals surface area contributed by atoms with Gasteiger partial charge in [0.2, 0.25) is 11.7 Å². The average molecular weight is 448 g/mol. The van der Waals surface area contributed by atoms with Gasteiger partial charge in [-0.15, -0.1) is 16.8 Å². The zero-order valence-corrected chi connectivity index (χ0v) is 19.1. The molecule has 0 aliphatic carbocycles. The maximum absolute atomic E-state index is 13.6. The Labute approximate surface area is 190 Å². The van der Waals surface area contributed by atoms with Gasteiger partial charge >= 0.3 is 0 Å². The van der Waals surface area contributed by atoms with Gasteiger partial charge in [-0.05, 0) is 36.6 Å². The summed E-state index contributed by atoms with van der Waals surface area (Å²) in [5.41, 5.74) is 2.38. The number of para-hydroxylation sites is 2. The predicted molar refractivity (Wildman–Crippen MR) is 129 cm³/mol. The van der Waals surface area contributed by atoms with Crippen LogP contribution in [0.4, 0.5) is 0 Å². The monoisotopic (exact) mass is 447 g/mol. The van der Waals surface area contributed by atoms with Crippen LogP contribution in [0.3, 0.4) is 0 Å². The molecule has 1 atom stereocenters. The molecule has 4 aromatic rings. The number of aromatic nitrogens is 4. The number of hydrogen-bond donors (Lipinski definition) is 1. The summed E-state index contributed by atoms with van der Waals surface area (Å²) in [5, 5.41) is 12.3. The highest BCUT2D eigenvalue weighted by Crippen LogP contribution is 2.28. The van der Waals surface area contributed by atoms with E-state index in [-0.39, 0.29) is 17.4 Å². The lowest BCUT2D eigenvalue weighted by Crippen LogP contribution is -2.31. The number of nitrogens with zero attached hydrogens (tertiary/aromatic N) is 4. The normalized spacial score (nSPS) is 12.4. The van der Waals surface area contributed by atoms with Crippen LogP contribution in [0.5, 0.6) is 0 Å². The van der Waals surface area contributed by atoms with Gasteiger partial charge in [-0.25, -0.2) is 4.57 Å². The SMILES string of the molecule is C=CCNC(=O)C(C)Sc1nnc2n(-c3ccccc3C(C)C)c(=O)c3ccccc3n12. The van der Waals surface area contributed by atoms with Gasteiger partial charge in [-0.2, -0.15) is 0 Å². The molecule has 0 fully saturated rings. The quantitative estimate of drug-likeness (QED) is 0.343. The Morgan fingerprint density at radius 1 is 1.12 bits per heavy atom. The summed E-state index contributed by atoms with van der Waals surface area (Å²) in [5.74, 6) is 0.521. The molecule has 1 amide bonds. The average Bonchev–Trinajstić information content (AvgIpc) is 3.21. The Kier molecular flexibility index (Phi) is 6.14. The molecule has 0 saturated carbocycles. The van der Waals surface area contributed by atoms with Crippen LogP contribution in [-0.2, 0) is 4.79 Å². The summed E-state index contributed by atoms with van der Waals surface area (Å²) in [6, 6.07) is 15.2. The van der Waals surface area contributed by atoms with E-state index in [1.54, 1.807) is 16.7 Å². The first-order valence-electron chi connectivity index (χ1n) is 10.5. The second-order valence-corrected chi connectivity index (χ2v) is 9.09. The molecule has 2 aromatic carbocycles. The number of hydrogen-bond acceptors (Lipinski definition) is 5. The van der Waals surface area contributed by atoms with Crippen molar-refractivity contribution in [3.63, 3.8) is 0 Å². The van der Waals surface area contributed by atoms with Crippen LogP contribution in [0.1, 0.15) is 32.3 Å². The van der Waals surface area contributed by atoms with Gasteiger partial charge in [0.15, 0.2) is 5.16 Å². The molecule has 1 unspecified atom stereocenters. The Bertz CT molecular complexity index is 1370. The summed E-state index contributed by atoms with van der Waals surface area (Å²) in [4.78, 5) is 26.0. The summed E-state index contributed by atoms with van der Waals surface area (Å²) in [6.45, 7) is 10.0. The van der Waals surface area contributed by atoms with Crippen LogP contribution in [-0.4, -0.2) is 36.9 Å². The Hall–Kier alpha value is -3.39. The molecular formula is C24H25N5O2S. The van der Waals surface area contributed by atoms with Crippen molar-refractivity contribution >= 4 is 34.3 Å². The molecule has 4 rings (SSSR count). The lowest BCUT2D eigenvalue weighted by molar-refractivity contribution is -0.120. The van der Waals surface area contributed by atoms with E-state index >= 15 is 0 Å². The van der Waals surface area contributed by atoms with E-state index in [0.717, 1.165) is 11.3 Å². The van der Waals surface area contributed by atoms with Gasteiger partial charge in [-0.3, -0.25) is 14.0 Å². The molecule has 0 radical (unpaired) electrons. The number of amides is 1. The molecule has 1 N–H and O–H groups in total. The number of carbonyl (C=O) groups is 1. The molecular weight excluding hydrogens is 422 g/mol. The van der Waals surface area contributed by atoms with Crippen molar-refractivity contribution in [1.82, 2.24) is 24.5 Å².